The van der Waals surface area contributed by atoms with Crippen molar-refractivity contribution in [2.24, 2.45) is 11.6 Å². The van der Waals surface area contributed by atoms with E-state index in [1.54, 1.807) is 0 Å². The predicted octanol–water partition coefficient (Wildman–Crippen LogP) is -1.28. The standard InChI is InChI=1S/C4H10N2O3/c1-4(5,9-6)3(7)8-2/h5-6H2,1-2H3. The van der Waals surface area contributed by atoms with Gasteiger partial charge in [0, 0.05) is 0 Å². The molecule has 0 radical (unpaired) electrons. The van der Waals surface area contributed by atoms with E-state index in [-0.39, 0.29) is 0 Å². The van der Waals surface area contributed by atoms with E-state index in [0.29, 0.717) is 0 Å². The molecule has 0 aliphatic rings. The number of hydrogen-bond donors (Lipinski definition) is 2. The van der Waals surface area contributed by atoms with E-state index in [0.717, 1.165) is 0 Å². The van der Waals surface area contributed by atoms with Gasteiger partial charge in [0.1, 0.15) is 0 Å². The van der Waals surface area contributed by atoms with Crippen molar-refractivity contribution in [2.45, 2.75) is 12.6 Å². The number of carbonyl (C=O) groups is 1. The van der Waals surface area contributed by atoms with Crippen LogP contribution >= 0.6 is 0 Å². The van der Waals surface area contributed by atoms with Crippen LogP contribution in [0.25, 0.3) is 0 Å². The van der Waals surface area contributed by atoms with Gasteiger partial charge in [-0.2, -0.15) is 0 Å². The molecule has 1 atom stereocenters. The maximum Gasteiger partial charge on any atom is 0.354 e. The van der Waals surface area contributed by atoms with Crippen LogP contribution in [-0.2, 0) is 14.4 Å². The second-order valence-electron chi connectivity index (χ2n) is 1.72. The average Bonchev–Trinajstić information content (AvgIpc) is 1.86. The van der Waals surface area contributed by atoms with Gasteiger partial charge in [0.15, 0.2) is 0 Å². The Morgan fingerprint density at radius 1 is 1.67 bits per heavy atom. The summed E-state index contributed by atoms with van der Waals surface area (Å²) in [6, 6.07) is 0. The fraction of sp³-hybridized carbons (Fsp3) is 0.750. The van der Waals surface area contributed by atoms with Crippen molar-refractivity contribution in [3.63, 3.8) is 0 Å². The second-order valence-corrected chi connectivity index (χ2v) is 1.72. The van der Waals surface area contributed by atoms with Crippen molar-refractivity contribution >= 4 is 5.97 Å². The summed E-state index contributed by atoms with van der Waals surface area (Å²) in [5, 5.41) is 0. The molecule has 0 spiro atoms. The molecule has 0 bridgehead atoms. The van der Waals surface area contributed by atoms with Gasteiger partial charge in [-0.1, -0.05) is 0 Å². The van der Waals surface area contributed by atoms with Gasteiger partial charge in [-0.15, -0.1) is 0 Å². The smallest absolute Gasteiger partial charge is 0.354 e. The van der Waals surface area contributed by atoms with Gasteiger partial charge in [-0.3, -0.25) is 10.6 Å². The van der Waals surface area contributed by atoms with Crippen LogP contribution < -0.4 is 11.6 Å². The highest BCUT2D eigenvalue weighted by Gasteiger charge is 2.29. The van der Waals surface area contributed by atoms with Gasteiger partial charge in [0.05, 0.1) is 7.11 Å². The Morgan fingerprint density at radius 3 is 2.22 bits per heavy atom. The van der Waals surface area contributed by atoms with Crippen LogP contribution in [0, 0.1) is 0 Å². The lowest BCUT2D eigenvalue weighted by atomic mass is 10.3. The molecular weight excluding hydrogens is 124 g/mol. The van der Waals surface area contributed by atoms with Gasteiger partial charge in [-0.25, -0.2) is 10.7 Å². The highest BCUT2D eigenvalue weighted by atomic mass is 16.7. The lowest BCUT2D eigenvalue weighted by Crippen LogP contribution is -2.50. The summed E-state index contributed by atoms with van der Waals surface area (Å²) in [6.07, 6.45) is 0. The van der Waals surface area contributed by atoms with Crippen molar-refractivity contribution in [2.75, 3.05) is 7.11 Å². The lowest BCUT2D eigenvalue weighted by Gasteiger charge is -2.17. The van der Waals surface area contributed by atoms with Crippen molar-refractivity contribution in [1.29, 1.82) is 0 Å². The third kappa shape index (κ3) is 1.96. The summed E-state index contributed by atoms with van der Waals surface area (Å²) in [5.41, 5.74) is 3.62. The van der Waals surface area contributed by atoms with Gasteiger partial charge >= 0.3 is 5.97 Å². The SMILES string of the molecule is COC(=O)C(C)(N)ON. The third-order valence-corrected chi connectivity index (χ3v) is 0.836. The van der Waals surface area contributed by atoms with Crippen molar-refractivity contribution in [3.05, 3.63) is 0 Å². The number of esters is 1. The number of hydrogen-bond acceptors (Lipinski definition) is 5. The Balaban J connectivity index is 3.97. The van der Waals surface area contributed by atoms with Crippen LogP contribution in [0.5, 0.6) is 0 Å². The first-order valence-electron chi connectivity index (χ1n) is 2.29. The third-order valence-electron chi connectivity index (χ3n) is 0.836. The number of nitrogens with two attached hydrogens (primary N) is 2. The zero-order valence-corrected chi connectivity index (χ0v) is 5.38. The summed E-state index contributed by atoms with van der Waals surface area (Å²) in [5.74, 6) is 3.95. The highest BCUT2D eigenvalue weighted by Crippen LogP contribution is 1.98. The topological polar surface area (TPSA) is 87.6 Å². The Morgan fingerprint density at radius 2 is 2.11 bits per heavy atom. The maximum atomic E-state index is 10.5. The van der Waals surface area contributed by atoms with E-state index in [9.17, 15) is 4.79 Å². The van der Waals surface area contributed by atoms with Gasteiger partial charge in [0.25, 0.3) is 0 Å². The molecule has 0 aromatic rings. The first-order chi connectivity index (χ1) is 4.04. The lowest BCUT2D eigenvalue weighted by molar-refractivity contribution is -0.167. The molecule has 54 valence electrons. The molecule has 0 aliphatic carbocycles. The van der Waals surface area contributed by atoms with E-state index in [4.69, 9.17) is 5.73 Å². The molecule has 0 aromatic heterocycles. The van der Waals surface area contributed by atoms with E-state index >= 15 is 0 Å². The zero-order valence-electron chi connectivity index (χ0n) is 5.38. The Bertz CT molecular complexity index is 112. The fourth-order valence-electron chi connectivity index (χ4n) is 0.251. The van der Waals surface area contributed by atoms with E-state index in [1.807, 2.05) is 0 Å². The molecule has 0 aliphatic heterocycles. The van der Waals surface area contributed by atoms with Crippen LogP contribution in [0.15, 0.2) is 0 Å². The van der Waals surface area contributed by atoms with Crippen LogP contribution in [-0.4, -0.2) is 18.8 Å². The maximum absolute atomic E-state index is 10.5. The number of carbonyl (C=O) groups excluding carboxylic acids is 1. The molecule has 0 saturated heterocycles. The number of ether oxygens (including phenoxy) is 1. The minimum Gasteiger partial charge on any atom is -0.466 e. The fourth-order valence-corrected chi connectivity index (χ4v) is 0.251. The zero-order chi connectivity index (χ0) is 7.49. The minimum atomic E-state index is -1.53. The van der Waals surface area contributed by atoms with Crippen molar-refractivity contribution in [1.82, 2.24) is 0 Å². The molecule has 0 aromatic carbocycles. The molecule has 5 heteroatoms. The molecule has 4 N–H and O–H groups in total. The molecule has 1 unspecified atom stereocenters. The largest absolute Gasteiger partial charge is 0.466 e. The first-order valence-corrected chi connectivity index (χ1v) is 2.29. The van der Waals surface area contributed by atoms with Crippen molar-refractivity contribution in [3.8, 4) is 0 Å². The number of rotatable bonds is 2. The Kier molecular flexibility index (Phi) is 2.57. The summed E-state index contributed by atoms with van der Waals surface area (Å²) in [4.78, 5) is 14.6. The Hall–Kier alpha value is -0.650. The normalized spacial score (nSPS) is 16.4. The van der Waals surface area contributed by atoms with Gasteiger partial charge in [-0.05, 0) is 6.92 Å². The van der Waals surface area contributed by atoms with Crippen molar-refractivity contribution < 1.29 is 14.4 Å². The molecular formula is C4H10N2O3. The molecule has 0 saturated carbocycles. The molecule has 9 heavy (non-hydrogen) atoms. The van der Waals surface area contributed by atoms with Crippen LogP contribution in [0.3, 0.4) is 0 Å². The highest BCUT2D eigenvalue weighted by molar-refractivity contribution is 5.77. The van der Waals surface area contributed by atoms with Gasteiger partial charge < -0.3 is 4.74 Å². The van der Waals surface area contributed by atoms with E-state index in [1.165, 1.54) is 14.0 Å². The Labute approximate surface area is 52.9 Å². The monoisotopic (exact) mass is 134 g/mol. The molecule has 0 heterocycles. The summed E-state index contributed by atoms with van der Waals surface area (Å²) >= 11 is 0. The predicted molar refractivity (Wildman–Crippen MR) is 29.9 cm³/mol. The first kappa shape index (κ1) is 8.35. The van der Waals surface area contributed by atoms with Crippen LogP contribution in [0.2, 0.25) is 0 Å². The summed E-state index contributed by atoms with van der Waals surface area (Å²) in [7, 11) is 1.20. The second kappa shape index (κ2) is 2.77. The van der Waals surface area contributed by atoms with E-state index in [2.05, 4.69) is 15.5 Å². The molecule has 5 nitrogen and oxygen atoms in total. The average molecular weight is 134 g/mol. The van der Waals surface area contributed by atoms with Gasteiger partial charge in [0.2, 0.25) is 5.72 Å². The summed E-state index contributed by atoms with van der Waals surface area (Å²) in [6.45, 7) is 1.30. The quantitative estimate of drug-likeness (QED) is 0.279. The summed E-state index contributed by atoms with van der Waals surface area (Å²) < 4.78 is 4.24. The van der Waals surface area contributed by atoms with E-state index < -0.39 is 11.7 Å². The molecule has 0 amide bonds. The minimum absolute atomic E-state index is 0.704. The van der Waals surface area contributed by atoms with Crippen LogP contribution in [0.1, 0.15) is 6.92 Å². The molecule has 0 rings (SSSR count). The number of methoxy groups -OCH3 is 1. The van der Waals surface area contributed by atoms with Crippen LogP contribution in [0.4, 0.5) is 0 Å². The molecule has 0 fully saturated rings.